The van der Waals surface area contributed by atoms with Gasteiger partial charge in [-0.05, 0) is 96.9 Å². The minimum Gasteiger partial charge on any atom is -0.506 e. The van der Waals surface area contributed by atoms with E-state index in [-0.39, 0.29) is 41.1 Å². The molecular weight excluding hydrogens is 702 g/mol. The molecule has 1 fully saturated rings. The molecule has 1 unspecified atom stereocenters. The number of fused-ring (bicyclic) bond motifs is 1. The Balaban J connectivity index is 0.900. The number of pyridine rings is 1. The average molecular weight is 748 g/mol. The number of benzene rings is 4. The number of nitrogens with one attached hydrogen (secondary N) is 4. The number of aromatic amines is 1. The number of carbonyl (C=O) groups is 3. The van der Waals surface area contributed by atoms with E-state index in [1.165, 1.54) is 12.1 Å². The fourth-order valence-electron chi connectivity index (χ4n) is 6.79. The van der Waals surface area contributed by atoms with Gasteiger partial charge in [0, 0.05) is 48.8 Å². The van der Waals surface area contributed by atoms with Crippen LogP contribution in [0.2, 0.25) is 0 Å². The Labute approximate surface area is 318 Å². The first-order chi connectivity index (χ1) is 26.7. The van der Waals surface area contributed by atoms with Crippen molar-refractivity contribution in [1.29, 1.82) is 0 Å². The van der Waals surface area contributed by atoms with Crippen LogP contribution in [-0.2, 0) is 0 Å². The lowest BCUT2D eigenvalue weighted by Gasteiger charge is -2.32. The van der Waals surface area contributed by atoms with E-state index in [0.29, 0.717) is 67.0 Å². The number of aromatic hydroxyl groups is 1. The minimum absolute atomic E-state index is 0.0684. The number of rotatable bonds is 15. The number of hydrogen-bond acceptors (Lipinski definition) is 8. The van der Waals surface area contributed by atoms with Crippen LogP contribution in [0.1, 0.15) is 68.8 Å². The van der Waals surface area contributed by atoms with Crippen molar-refractivity contribution in [2.24, 2.45) is 5.92 Å². The van der Waals surface area contributed by atoms with Crippen molar-refractivity contribution in [3.8, 4) is 11.5 Å². The summed E-state index contributed by atoms with van der Waals surface area (Å²) in [5, 5.41) is 39.4. The predicted molar refractivity (Wildman–Crippen MR) is 207 cm³/mol. The lowest BCUT2D eigenvalue weighted by molar-refractivity contribution is 0.0660. The lowest BCUT2D eigenvalue weighted by Crippen LogP contribution is -2.39. The Morgan fingerprint density at radius 1 is 0.855 bits per heavy atom. The Bertz CT molecular complexity index is 2150. The highest BCUT2D eigenvalue weighted by Crippen LogP contribution is 2.29. The molecule has 0 aliphatic carbocycles. The third-order valence-corrected chi connectivity index (χ3v) is 9.79. The Hall–Kier alpha value is -6.18. The highest BCUT2D eigenvalue weighted by molar-refractivity contribution is 5.98. The van der Waals surface area contributed by atoms with Crippen molar-refractivity contribution in [2.75, 3.05) is 39.3 Å². The van der Waals surface area contributed by atoms with Crippen LogP contribution in [0, 0.1) is 5.92 Å². The number of hydrogen-bond donors (Lipinski definition) is 7. The van der Waals surface area contributed by atoms with Crippen LogP contribution in [-0.4, -0.2) is 82.4 Å². The molecule has 55 heavy (non-hydrogen) atoms. The molecule has 7 N–H and O–H groups in total. The quantitative estimate of drug-likeness (QED) is 0.0725. The van der Waals surface area contributed by atoms with Gasteiger partial charge in [-0.1, -0.05) is 48.5 Å². The molecule has 1 aliphatic heterocycles. The summed E-state index contributed by atoms with van der Waals surface area (Å²) in [4.78, 5) is 53.6. The topological polar surface area (TPSA) is 193 Å². The molecule has 0 radical (unpaired) electrons. The van der Waals surface area contributed by atoms with E-state index in [1.54, 1.807) is 36.4 Å². The summed E-state index contributed by atoms with van der Waals surface area (Å²) in [7, 11) is 0. The maximum atomic E-state index is 13.3. The van der Waals surface area contributed by atoms with Gasteiger partial charge in [-0.2, -0.15) is 0 Å². The molecule has 1 aromatic heterocycles. The number of H-pyrrole nitrogens is 1. The van der Waals surface area contributed by atoms with E-state index in [9.17, 15) is 34.5 Å². The first kappa shape index (κ1) is 38.5. The number of aliphatic hydroxyl groups is 1. The van der Waals surface area contributed by atoms with Crippen molar-refractivity contribution in [3.63, 3.8) is 0 Å². The molecule has 0 saturated carbocycles. The summed E-state index contributed by atoms with van der Waals surface area (Å²) in [6, 6.07) is 28.9. The molecule has 286 valence electrons. The second kappa shape index (κ2) is 18.2. The van der Waals surface area contributed by atoms with Crippen molar-refractivity contribution in [2.45, 2.75) is 31.4 Å². The Morgan fingerprint density at radius 3 is 2.33 bits per heavy atom. The third-order valence-electron chi connectivity index (χ3n) is 9.79. The summed E-state index contributed by atoms with van der Waals surface area (Å²) in [5.74, 6) is 0.513. The first-order valence-electron chi connectivity index (χ1n) is 18.3. The van der Waals surface area contributed by atoms with Crippen LogP contribution < -0.4 is 26.2 Å². The number of carboxylic acid groups (broad SMARTS) is 1. The molecule has 5 aromatic rings. The standard InChI is InChI=1S/C42H45N5O8/c48-35-16-14-33(34-15-17-37(50)45-39(34)35)36(49)25-43-20-5-21-44-40(51)29-10-12-30(13-11-29)41(52)47-22-18-27(19-23-47)26-55-32-9-4-8-31(24-32)38(46-42(53)54)28-6-2-1-3-7-28/h1-4,6-17,24,27,36,38,43,46,48-49H,5,18-23,25-26H2,(H,44,51)(H,45,50)(H,53,54)/t36-,38?/m1/s1. The maximum Gasteiger partial charge on any atom is 0.405 e. The van der Waals surface area contributed by atoms with Crippen LogP contribution in [0.4, 0.5) is 4.79 Å². The van der Waals surface area contributed by atoms with Crippen LogP contribution in [0.3, 0.4) is 0 Å². The molecule has 0 spiro atoms. The van der Waals surface area contributed by atoms with E-state index in [2.05, 4.69) is 20.9 Å². The number of carbonyl (C=O) groups excluding carboxylic acids is 2. The molecule has 1 saturated heterocycles. The molecule has 2 atom stereocenters. The van der Waals surface area contributed by atoms with Crippen LogP contribution in [0.15, 0.2) is 108 Å². The summed E-state index contributed by atoms with van der Waals surface area (Å²) in [6.07, 6.45) is 0.195. The van der Waals surface area contributed by atoms with Crippen LogP contribution in [0.25, 0.3) is 10.9 Å². The zero-order valence-electron chi connectivity index (χ0n) is 30.2. The Morgan fingerprint density at radius 2 is 1.58 bits per heavy atom. The van der Waals surface area contributed by atoms with Crippen molar-refractivity contribution in [3.05, 3.63) is 141 Å². The van der Waals surface area contributed by atoms with Gasteiger partial charge in [-0.3, -0.25) is 14.4 Å². The molecule has 1 aliphatic rings. The number of ether oxygens (including phenoxy) is 1. The number of phenols is 1. The smallest absolute Gasteiger partial charge is 0.405 e. The first-order valence-corrected chi connectivity index (χ1v) is 18.3. The predicted octanol–water partition coefficient (Wildman–Crippen LogP) is 4.97. The summed E-state index contributed by atoms with van der Waals surface area (Å²) in [6.45, 7) is 2.85. The van der Waals surface area contributed by atoms with Crippen LogP contribution >= 0.6 is 0 Å². The number of phenolic OH excluding ortho intramolecular Hbond substituents is 1. The SMILES string of the molecule is O=C(O)NC(c1ccccc1)c1cccc(OCC2CCN(C(=O)c3ccc(C(=O)NCCCNC[C@@H](O)c4ccc(O)c5[nH]c(=O)ccc45)cc3)CC2)c1. The molecule has 4 aromatic carbocycles. The molecule has 0 bridgehead atoms. The number of amides is 3. The third kappa shape index (κ3) is 10.1. The fourth-order valence-corrected chi connectivity index (χ4v) is 6.79. The Kier molecular flexibility index (Phi) is 12.8. The van der Waals surface area contributed by atoms with E-state index in [0.717, 1.165) is 24.0 Å². The van der Waals surface area contributed by atoms with Gasteiger partial charge in [-0.15, -0.1) is 0 Å². The van der Waals surface area contributed by atoms with Gasteiger partial charge in [0.05, 0.1) is 24.3 Å². The maximum absolute atomic E-state index is 13.3. The van der Waals surface area contributed by atoms with E-state index in [4.69, 9.17) is 4.74 Å². The van der Waals surface area contributed by atoms with Crippen molar-refractivity contribution >= 4 is 28.8 Å². The monoisotopic (exact) mass is 747 g/mol. The van der Waals surface area contributed by atoms with Gasteiger partial charge in [-0.25, -0.2) is 4.79 Å². The fraction of sp³-hybridized carbons (Fsp3) is 0.286. The lowest BCUT2D eigenvalue weighted by atomic mass is 9.97. The highest BCUT2D eigenvalue weighted by Gasteiger charge is 2.25. The zero-order valence-corrected chi connectivity index (χ0v) is 30.2. The molecular formula is C42H45N5O8. The summed E-state index contributed by atoms with van der Waals surface area (Å²) >= 11 is 0. The summed E-state index contributed by atoms with van der Waals surface area (Å²) in [5.41, 5.74) is 3.08. The van der Waals surface area contributed by atoms with E-state index >= 15 is 0 Å². The molecule has 13 heteroatoms. The van der Waals surface area contributed by atoms with E-state index in [1.807, 2.05) is 59.5 Å². The number of aliphatic hydroxyl groups excluding tert-OH is 1. The highest BCUT2D eigenvalue weighted by atomic mass is 16.5. The van der Waals surface area contributed by atoms with Gasteiger partial charge in [0.1, 0.15) is 11.5 Å². The number of nitrogens with zero attached hydrogens (tertiary/aromatic N) is 1. The van der Waals surface area contributed by atoms with Crippen LogP contribution in [0.5, 0.6) is 11.5 Å². The second-order valence-electron chi connectivity index (χ2n) is 13.6. The van der Waals surface area contributed by atoms with Gasteiger partial charge in [0.2, 0.25) is 5.56 Å². The number of piperidine rings is 1. The number of likely N-dealkylation sites (tertiary alicyclic amines) is 1. The zero-order chi connectivity index (χ0) is 38.7. The molecule has 3 amide bonds. The normalized spacial score (nSPS) is 14.2. The van der Waals surface area contributed by atoms with Gasteiger partial charge >= 0.3 is 6.09 Å². The van der Waals surface area contributed by atoms with Gasteiger partial charge in [0.15, 0.2) is 0 Å². The van der Waals surface area contributed by atoms with Gasteiger partial charge < -0.3 is 45.9 Å². The van der Waals surface area contributed by atoms with Crippen molar-refractivity contribution < 1.29 is 34.4 Å². The minimum atomic E-state index is -1.11. The van der Waals surface area contributed by atoms with Crippen molar-refractivity contribution in [1.82, 2.24) is 25.8 Å². The second-order valence-corrected chi connectivity index (χ2v) is 13.6. The number of aromatic nitrogens is 1. The average Bonchev–Trinajstić information content (AvgIpc) is 3.21. The molecule has 13 nitrogen and oxygen atoms in total. The van der Waals surface area contributed by atoms with Gasteiger partial charge in [0.25, 0.3) is 11.8 Å². The summed E-state index contributed by atoms with van der Waals surface area (Å²) < 4.78 is 6.14. The molecule has 2 heterocycles. The van der Waals surface area contributed by atoms with E-state index < -0.39 is 18.2 Å². The largest absolute Gasteiger partial charge is 0.506 e. The molecule has 6 rings (SSSR count).